The number of amides is 1. The van der Waals surface area contributed by atoms with Crippen LogP contribution in [0, 0.1) is 0 Å². The SMILES string of the molecule is O=C(Nc1ccc2nc[nH]c2c1)c1c(-c2ccccc2)c(-c2ccccc2)n[nH]c1=O. The molecule has 0 aliphatic rings. The average molecular weight is 407 g/mol. The summed E-state index contributed by atoms with van der Waals surface area (Å²) in [5, 5.41) is 9.60. The molecular weight excluding hydrogens is 390 g/mol. The lowest BCUT2D eigenvalue weighted by Crippen LogP contribution is -2.26. The predicted molar refractivity (Wildman–Crippen MR) is 120 cm³/mol. The molecule has 0 aliphatic carbocycles. The highest BCUT2D eigenvalue weighted by Crippen LogP contribution is 2.32. The number of hydrogen-bond acceptors (Lipinski definition) is 4. The molecule has 3 aromatic carbocycles. The van der Waals surface area contributed by atoms with Gasteiger partial charge in [0.2, 0.25) is 0 Å². The van der Waals surface area contributed by atoms with E-state index in [1.807, 2.05) is 60.7 Å². The second-order valence-corrected chi connectivity index (χ2v) is 6.97. The van der Waals surface area contributed by atoms with Crippen molar-refractivity contribution in [3.8, 4) is 22.4 Å². The van der Waals surface area contributed by atoms with E-state index in [-0.39, 0.29) is 5.56 Å². The maximum absolute atomic E-state index is 13.3. The summed E-state index contributed by atoms with van der Waals surface area (Å²) in [6.45, 7) is 0. The lowest BCUT2D eigenvalue weighted by Gasteiger charge is -2.14. The number of fused-ring (bicyclic) bond motifs is 1. The quantitative estimate of drug-likeness (QED) is 0.415. The predicted octanol–water partition coefficient (Wildman–Crippen LogP) is 4.23. The summed E-state index contributed by atoms with van der Waals surface area (Å²) in [5.41, 5.74) is 4.11. The molecule has 2 heterocycles. The highest BCUT2D eigenvalue weighted by atomic mass is 16.2. The number of anilines is 1. The number of benzene rings is 3. The van der Waals surface area contributed by atoms with E-state index in [0.29, 0.717) is 16.9 Å². The van der Waals surface area contributed by atoms with Gasteiger partial charge in [-0.05, 0) is 23.8 Å². The molecule has 7 nitrogen and oxygen atoms in total. The van der Waals surface area contributed by atoms with E-state index in [1.54, 1.807) is 24.5 Å². The van der Waals surface area contributed by atoms with Gasteiger partial charge in [-0.3, -0.25) is 9.59 Å². The molecule has 7 heteroatoms. The monoisotopic (exact) mass is 407 g/mol. The summed E-state index contributed by atoms with van der Waals surface area (Å²) < 4.78 is 0. The third kappa shape index (κ3) is 3.49. The van der Waals surface area contributed by atoms with Crippen molar-refractivity contribution in [2.45, 2.75) is 0 Å². The topological polar surface area (TPSA) is 104 Å². The molecule has 0 atom stereocenters. The minimum absolute atomic E-state index is 0.00441. The number of nitrogens with zero attached hydrogens (tertiary/aromatic N) is 2. The first kappa shape index (κ1) is 18.5. The molecule has 31 heavy (non-hydrogen) atoms. The van der Waals surface area contributed by atoms with Gasteiger partial charge in [-0.2, -0.15) is 5.10 Å². The first-order chi connectivity index (χ1) is 15.2. The molecule has 0 saturated heterocycles. The molecular formula is C24H17N5O2. The molecule has 150 valence electrons. The molecule has 0 spiro atoms. The number of rotatable bonds is 4. The van der Waals surface area contributed by atoms with E-state index in [1.165, 1.54) is 0 Å². The Morgan fingerprint density at radius 3 is 2.32 bits per heavy atom. The molecule has 5 rings (SSSR count). The van der Waals surface area contributed by atoms with Gasteiger partial charge in [0.15, 0.2) is 0 Å². The molecule has 0 aliphatic heterocycles. The molecule has 0 radical (unpaired) electrons. The van der Waals surface area contributed by atoms with Crippen LogP contribution in [-0.4, -0.2) is 26.1 Å². The smallest absolute Gasteiger partial charge is 0.277 e. The van der Waals surface area contributed by atoms with Crippen molar-refractivity contribution in [1.29, 1.82) is 0 Å². The van der Waals surface area contributed by atoms with Crippen LogP contribution in [0.4, 0.5) is 5.69 Å². The van der Waals surface area contributed by atoms with Crippen LogP contribution >= 0.6 is 0 Å². The fourth-order valence-corrected chi connectivity index (χ4v) is 3.56. The number of imidazole rings is 1. The maximum Gasteiger partial charge on any atom is 0.277 e. The van der Waals surface area contributed by atoms with Gasteiger partial charge in [-0.15, -0.1) is 0 Å². The first-order valence-corrected chi connectivity index (χ1v) is 9.69. The lowest BCUT2D eigenvalue weighted by molar-refractivity contribution is 0.102. The zero-order valence-corrected chi connectivity index (χ0v) is 16.3. The summed E-state index contributed by atoms with van der Waals surface area (Å²) in [5.74, 6) is -0.515. The van der Waals surface area contributed by atoms with Crippen LogP contribution in [0.15, 0.2) is 90.0 Å². The van der Waals surface area contributed by atoms with Gasteiger partial charge < -0.3 is 10.3 Å². The lowest BCUT2D eigenvalue weighted by atomic mass is 9.95. The second kappa shape index (κ2) is 7.72. The van der Waals surface area contributed by atoms with Crippen molar-refractivity contribution in [3.05, 3.63) is 101 Å². The van der Waals surface area contributed by atoms with Gasteiger partial charge in [0.05, 0.1) is 23.1 Å². The van der Waals surface area contributed by atoms with Crippen molar-refractivity contribution < 1.29 is 4.79 Å². The molecule has 0 unspecified atom stereocenters. The third-order valence-corrected chi connectivity index (χ3v) is 5.00. The van der Waals surface area contributed by atoms with Gasteiger partial charge in [0, 0.05) is 16.8 Å². The standard InChI is InChI=1S/C24H17N5O2/c30-23(27-17-11-12-18-19(13-17)26-14-25-18)21-20(15-7-3-1-4-8-15)22(28-29-24(21)31)16-9-5-2-6-10-16/h1-14H,(H,25,26)(H,27,30)(H,29,31). The van der Waals surface area contributed by atoms with E-state index in [0.717, 1.165) is 22.2 Å². The number of nitrogens with one attached hydrogen (secondary N) is 3. The number of aromatic amines is 2. The molecule has 3 N–H and O–H groups in total. The van der Waals surface area contributed by atoms with Crippen molar-refractivity contribution in [3.63, 3.8) is 0 Å². The largest absolute Gasteiger partial charge is 0.345 e. The van der Waals surface area contributed by atoms with Gasteiger partial charge in [0.1, 0.15) is 5.56 Å². The Bertz CT molecular complexity index is 1440. The number of aromatic nitrogens is 4. The first-order valence-electron chi connectivity index (χ1n) is 9.69. The third-order valence-electron chi connectivity index (χ3n) is 5.00. The number of H-pyrrole nitrogens is 2. The fourth-order valence-electron chi connectivity index (χ4n) is 3.56. The number of carbonyl (C=O) groups is 1. The number of hydrogen-bond donors (Lipinski definition) is 3. The van der Waals surface area contributed by atoms with Crippen molar-refractivity contribution in [2.75, 3.05) is 5.32 Å². The van der Waals surface area contributed by atoms with Gasteiger partial charge in [0.25, 0.3) is 11.5 Å². The van der Waals surface area contributed by atoms with Gasteiger partial charge >= 0.3 is 0 Å². The van der Waals surface area contributed by atoms with Crippen molar-refractivity contribution in [2.24, 2.45) is 0 Å². The van der Waals surface area contributed by atoms with E-state index in [2.05, 4.69) is 25.5 Å². The van der Waals surface area contributed by atoms with Crippen LogP contribution in [-0.2, 0) is 0 Å². The van der Waals surface area contributed by atoms with Gasteiger partial charge in [-0.1, -0.05) is 60.7 Å². The van der Waals surface area contributed by atoms with Crippen LogP contribution in [0.5, 0.6) is 0 Å². The molecule has 2 aromatic heterocycles. The zero-order chi connectivity index (χ0) is 21.2. The maximum atomic E-state index is 13.3. The van der Waals surface area contributed by atoms with E-state index in [4.69, 9.17) is 0 Å². The highest BCUT2D eigenvalue weighted by molar-refractivity contribution is 6.10. The van der Waals surface area contributed by atoms with Crippen molar-refractivity contribution >= 4 is 22.6 Å². The van der Waals surface area contributed by atoms with E-state index < -0.39 is 11.5 Å². The fraction of sp³-hybridized carbons (Fsp3) is 0. The van der Waals surface area contributed by atoms with E-state index in [9.17, 15) is 9.59 Å². The Morgan fingerprint density at radius 2 is 1.58 bits per heavy atom. The van der Waals surface area contributed by atoms with Crippen molar-refractivity contribution in [1.82, 2.24) is 20.2 Å². The molecule has 0 saturated carbocycles. The Hall–Kier alpha value is -4.52. The molecule has 1 amide bonds. The normalized spacial score (nSPS) is 10.8. The summed E-state index contributed by atoms with van der Waals surface area (Å²) in [6, 6.07) is 24.1. The zero-order valence-electron chi connectivity index (χ0n) is 16.3. The van der Waals surface area contributed by atoms with Crippen LogP contribution in [0.25, 0.3) is 33.4 Å². The van der Waals surface area contributed by atoms with Crippen LogP contribution in [0.2, 0.25) is 0 Å². The Labute approximate surface area is 176 Å². The minimum Gasteiger partial charge on any atom is -0.345 e. The van der Waals surface area contributed by atoms with E-state index >= 15 is 0 Å². The Morgan fingerprint density at radius 1 is 0.871 bits per heavy atom. The molecule has 0 bridgehead atoms. The highest BCUT2D eigenvalue weighted by Gasteiger charge is 2.23. The Kier molecular flexibility index (Phi) is 4.61. The summed E-state index contributed by atoms with van der Waals surface area (Å²) in [4.78, 5) is 33.3. The van der Waals surface area contributed by atoms with Crippen LogP contribution < -0.4 is 10.9 Å². The average Bonchev–Trinajstić information content (AvgIpc) is 3.28. The molecule has 5 aromatic rings. The summed E-state index contributed by atoms with van der Waals surface area (Å²) in [7, 11) is 0. The second-order valence-electron chi connectivity index (χ2n) is 6.97. The van der Waals surface area contributed by atoms with Gasteiger partial charge in [-0.25, -0.2) is 10.1 Å². The van der Waals surface area contributed by atoms with Crippen LogP contribution in [0.1, 0.15) is 10.4 Å². The summed E-state index contributed by atoms with van der Waals surface area (Å²) >= 11 is 0. The molecule has 0 fully saturated rings. The summed E-state index contributed by atoms with van der Waals surface area (Å²) in [6.07, 6.45) is 1.59. The number of carbonyl (C=O) groups excluding carboxylic acids is 1. The minimum atomic E-state index is -0.557. The van der Waals surface area contributed by atoms with Crippen LogP contribution in [0.3, 0.4) is 0 Å². The Balaban J connectivity index is 1.66.